The summed E-state index contributed by atoms with van der Waals surface area (Å²) in [5.74, 6) is 0.0914. The average Bonchev–Trinajstić information content (AvgIpc) is 2.90. The number of amides is 1. The lowest BCUT2D eigenvalue weighted by atomic mass is 10.1. The van der Waals surface area contributed by atoms with Crippen molar-refractivity contribution < 1.29 is 4.79 Å². The highest BCUT2D eigenvalue weighted by Crippen LogP contribution is 2.20. The van der Waals surface area contributed by atoms with Crippen molar-refractivity contribution in [3.63, 3.8) is 0 Å². The van der Waals surface area contributed by atoms with Gasteiger partial charge in [-0.15, -0.1) is 24.8 Å². The summed E-state index contributed by atoms with van der Waals surface area (Å²) < 4.78 is 0. The van der Waals surface area contributed by atoms with E-state index < -0.39 is 0 Å². The van der Waals surface area contributed by atoms with Gasteiger partial charge in [0.2, 0.25) is 5.91 Å². The largest absolute Gasteiger partial charge is 0.372 e. The third-order valence-electron chi connectivity index (χ3n) is 3.91. The second kappa shape index (κ2) is 9.93. The molecule has 0 saturated carbocycles. The molecule has 1 aromatic carbocycles. The minimum absolute atomic E-state index is 0. The van der Waals surface area contributed by atoms with Crippen LogP contribution in [0.1, 0.15) is 33.1 Å². The molecule has 6 heteroatoms. The Hall–Kier alpha value is -0.970. The molecule has 0 aromatic heterocycles. The molecule has 2 N–H and O–H groups in total. The van der Waals surface area contributed by atoms with Gasteiger partial charge in [-0.3, -0.25) is 4.79 Å². The predicted octanol–water partition coefficient (Wildman–Crippen LogP) is 3.46. The van der Waals surface area contributed by atoms with E-state index in [1.165, 1.54) is 6.42 Å². The van der Waals surface area contributed by atoms with Gasteiger partial charge in [-0.1, -0.05) is 6.07 Å². The molecule has 1 aliphatic rings. The van der Waals surface area contributed by atoms with E-state index in [0.717, 1.165) is 24.3 Å². The standard InChI is InChI=1S/C16H25N3O.2ClH/c1-12(2)19(3)15-8-4-6-14(10-15)18-16(20)11-13-7-5-9-17-13;;/h4,6,8,10,12-13,17H,5,7,9,11H2,1-3H3,(H,18,20);2*1H. The number of rotatable bonds is 5. The third kappa shape index (κ3) is 6.03. The fraction of sp³-hybridized carbons (Fsp3) is 0.562. The molecule has 1 aromatic rings. The molecule has 2 rings (SSSR count). The summed E-state index contributed by atoms with van der Waals surface area (Å²) in [6.07, 6.45) is 2.83. The fourth-order valence-corrected chi connectivity index (χ4v) is 2.47. The van der Waals surface area contributed by atoms with Gasteiger partial charge in [0, 0.05) is 36.9 Å². The van der Waals surface area contributed by atoms with Gasteiger partial charge < -0.3 is 15.5 Å². The van der Waals surface area contributed by atoms with Crippen LogP contribution in [0, 0.1) is 0 Å². The smallest absolute Gasteiger partial charge is 0.225 e. The lowest BCUT2D eigenvalue weighted by Crippen LogP contribution is -2.28. The molecule has 126 valence electrons. The van der Waals surface area contributed by atoms with Crippen LogP contribution in [0.2, 0.25) is 0 Å². The number of carbonyl (C=O) groups is 1. The lowest BCUT2D eigenvalue weighted by molar-refractivity contribution is -0.116. The Bertz CT molecular complexity index is 462. The highest BCUT2D eigenvalue weighted by atomic mass is 35.5. The van der Waals surface area contributed by atoms with Crippen LogP contribution >= 0.6 is 24.8 Å². The van der Waals surface area contributed by atoms with Crippen molar-refractivity contribution in [1.82, 2.24) is 5.32 Å². The number of halogens is 2. The first-order chi connectivity index (χ1) is 9.56. The van der Waals surface area contributed by atoms with E-state index in [2.05, 4.69) is 42.5 Å². The van der Waals surface area contributed by atoms with Crippen LogP contribution in [0.4, 0.5) is 11.4 Å². The third-order valence-corrected chi connectivity index (χ3v) is 3.91. The van der Waals surface area contributed by atoms with Gasteiger partial charge in [0.25, 0.3) is 0 Å². The zero-order valence-corrected chi connectivity index (χ0v) is 15.1. The van der Waals surface area contributed by atoms with Crippen molar-refractivity contribution in [3.05, 3.63) is 24.3 Å². The maximum Gasteiger partial charge on any atom is 0.225 e. The summed E-state index contributed by atoms with van der Waals surface area (Å²) in [6.45, 7) is 5.33. The predicted molar refractivity (Wildman–Crippen MR) is 98.7 cm³/mol. The Morgan fingerprint density at radius 1 is 1.41 bits per heavy atom. The molecule has 4 nitrogen and oxygen atoms in total. The van der Waals surface area contributed by atoms with E-state index in [1.54, 1.807) is 0 Å². The van der Waals surface area contributed by atoms with Crippen LogP contribution < -0.4 is 15.5 Å². The van der Waals surface area contributed by atoms with Gasteiger partial charge >= 0.3 is 0 Å². The quantitative estimate of drug-likeness (QED) is 0.857. The van der Waals surface area contributed by atoms with E-state index in [9.17, 15) is 4.79 Å². The molecule has 1 fully saturated rings. The molecule has 1 amide bonds. The molecule has 0 aliphatic carbocycles. The number of hydrogen-bond donors (Lipinski definition) is 2. The highest BCUT2D eigenvalue weighted by Gasteiger charge is 2.17. The summed E-state index contributed by atoms with van der Waals surface area (Å²) in [7, 11) is 2.06. The molecule has 0 bridgehead atoms. The molecular weight excluding hydrogens is 321 g/mol. The average molecular weight is 348 g/mol. The number of nitrogens with zero attached hydrogens (tertiary/aromatic N) is 1. The SMILES string of the molecule is CC(C)N(C)c1cccc(NC(=O)CC2CCCN2)c1.Cl.Cl. The second-order valence-corrected chi connectivity index (χ2v) is 5.80. The van der Waals surface area contributed by atoms with E-state index in [4.69, 9.17) is 0 Å². The van der Waals surface area contributed by atoms with Gasteiger partial charge in [-0.2, -0.15) is 0 Å². The lowest BCUT2D eigenvalue weighted by Gasteiger charge is -2.24. The van der Waals surface area contributed by atoms with Gasteiger partial charge in [0.15, 0.2) is 0 Å². The van der Waals surface area contributed by atoms with Crippen LogP contribution in [-0.4, -0.2) is 31.6 Å². The van der Waals surface area contributed by atoms with Crippen molar-refractivity contribution in [1.29, 1.82) is 0 Å². The first-order valence-corrected chi connectivity index (χ1v) is 7.42. The normalized spacial score (nSPS) is 16.6. The molecular formula is C16H27Cl2N3O. The molecule has 0 radical (unpaired) electrons. The second-order valence-electron chi connectivity index (χ2n) is 5.80. The zero-order chi connectivity index (χ0) is 14.5. The Balaban J connectivity index is 0.00000220. The number of hydrogen-bond acceptors (Lipinski definition) is 3. The van der Waals surface area contributed by atoms with Gasteiger partial charge in [0.1, 0.15) is 0 Å². The van der Waals surface area contributed by atoms with Crippen molar-refractivity contribution in [3.8, 4) is 0 Å². The summed E-state index contributed by atoms with van der Waals surface area (Å²) >= 11 is 0. The monoisotopic (exact) mass is 347 g/mol. The Morgan fingerprint density at radius 2 is 2.14 bits per heavy atom. The van der Waals surface area contributed by atoms with Crippen LogP contribution in [-0.2, 0) is 4.79 Å². The molecule has 1 heterocycles. The Kier molecular flexibility index (Phi) is 9.49. The summed E-state index contributed by atoms with van der Waals surface area (Å²) in [5, 5.41) is 6.35. The van der Waals surface area contributed by atoms with Crippen LogP contribution in [0.3, 0.4) is 0 Å². The van der Waals surface area contributed by atoms with Gasteiger partial charge in [-0.25, -0.2) is 0 Å². The molecule has 1 aliphatic heterocycles. The number of anilines is 2. The Labute approximate surface area is 145 Å². The summed E-state index contributed by atoms with van der Waals surface area (Å²) in [4.78, 5) is 14.2. The van der Waals surface area contributed by atoms with Gasteiger partial charge in [0.05, 0.1) is 0 Å². The number of benzene rings is 1. The van der Waals surface area contributed by atoms with E-state index in [-0.39, 0.29) is 30.7 Å². The first-order valence-electron chi connectivity index (χ1n) is 7.42. The minimum atomic E-state index is 0. The molecule has 1 unspecified atom stereocenters. The summed E-state index contributed by atoms with van der Waals surface area (Å²) in [5.41, 5.74) is 2.00. The number of nitrogens with one attached hydrogen (secondary N) is 2. The van der Waals surface area contributed by atoms with Crippen molar-refractivity contribution >= 4 is 42.1 Å². The molecule has 0 spiro atoms. The highest BCUT2D eigenvalue weighted by molar-refractivity contribution is 5.91. The van der Waals surface area contributed by atoms with Crippen LogP contribution in [0.5, 0.6) is 0 Å². The first kappa shape index (κ1) is 21.0. The minimum Gasteiger partial charge on any atom is -0.372 e. The zero-order valence-electron chi connectivity index (χ0n) is 13.5. The van der Waals surface area contributed by atoms with Gasteiger partial charge in [-0.05, 0) is 51.4 Å². The van der Waals surface area contributed by atoms with Crippen molar-refractivity contribution in [2.75, 3.05) is 23.8 Å². The summed E-state index contributed by atoms with van der Waals surface area (Å²) in [6, 6.07) is 8.80. The van der Waals surface area contributed by atoms with Crippen molar-refractivity contribution in [2.45, 2.75) is 45.2 Å². The van der Waals surface area contributed by atoms with Crippen LogP contribution in [0.25, 0.3) is 0 Å². The topological polar surface area (TPSA) is 44.4 Å². The van der Waals surface area contributed by atoms with E-state index in [0.29, 0.717) is 18.5 Å². The van der Waals surface area contributed by atoms with E-state index >= 15 is 0 Å². The Morgan fingerprint density at radius 3 is 2.73 bits per heavy atom. The van der Waals surface area contributed by atoms with Crippen molar-refractivity contribution in [2.24, 2.45) is 0 Å². The number of carbonyl (C=O) groups excluding carboxylic acids is 1. The maximum atomic E-state index is 12.0. The van der Waals surface area contributed by atoms with Crippen LogP contribution in [0.15, 0.2) is 24.3 Å². The molecule has 22 heavy (non-hydrogen) atoms. The van der Waals surface area contributed by atoms with E-state index in [1.807, 2.05) is 18.2 Å². The molecule has 1 atom stereocenters. The molecule has 1 saturated heterocycles. The fourth-order valence-electron chi connectivity index (χ4n) is 2.47. The maximum absolute atomic E-state index is 12.0.